The summed E-state index contributed by atoms with van der Waals surface area (Å²) in [5, 5.41) is 4.40. The summed E-state index contributed by atoms with van der Waals surface area (Å²) in [6.07, 6.45) is 0. The van der Waals surface area contributed by atoms with Gasteiger partial charge in [0.2, 0.25) is 0 Å². The predicted molar refractivity (Wildman–Crippen MR) is 124 cm³/mol. The van der Waals surface area contributed by atoms with E-state index in [1.54, 1.807) is 30.3 Å². The molecule has 0 spiro atoms. The van der Waals surface area contributed by atoms with Crippen LogP contribution in [-0.4, -0.2) is 18.0 Å². The number of rotatable bonds is 4. The zero-order valence-corrected chi connectivity index (χ0v) is 18.9. The quantitative estimate of drug-likeness (QED) is 0.315. The molecule has 0 aliphatic heterocycles. The summed E-state index contributed by atoms with van der Waals surface area (Å²) in [6, 6.07) is 16.4. The topological polar surface area (TPSA) is 51.2 Å². The first-order chi connectivity index (χ1) is 14.0. The SMILES string of the molecule is COc1ccc(Br)cc1C(=O)Nc1cc(-c2nc3ccccc3s2)c(Cl)cc1Cl. The van der Waals surface area contributed by atoms with Crippen molar-refractivity contribution in [3.63, 3.8) is 0 Å². The van der Waals surface area contributed by atoms with Crippen LogP contribution in [0.15, 0.2) is 59.1 Å². The molecule has 1 heterocycles. The number of carbonyl (C=O) groups is 1. The van der Waals surface area contributed by atoms with E-state index in [-0.39, 0.29) is 5.91 Å². The molecule has 0 radical (unpaired) electrons. The van der Waals surface area contributed by atoms with Crippen LogP contribution in [0.4, 0.5) is 5.69 Å². The summed E-state index contributed by atoms with van der Waals surface area (Å²) in [6.45, 7) is 0. The lowest BCUT2D eigenvalue weighted by Crippen LogP contribution is -2.13. The van der Waals surface area contributed by atoms with Gasteiger partial charge in [-0.15, -0.1) is 11.3 Å². The molecule has 4 nitrogen and oxygen atoms in total. The molecule has 146 valence electrons. The number of aromatic nitrogens is 1. The largest absolute Gasteiger partial charge is 0.496 e. The molecule has 0 aliphatic carbocycles. The number of fused-ring (bicyclic) bond motifs is 1. The number of anilines is 1. The van der Waals surface area contributed by atoms with Crippen LogP contribution >= 0.6 is 50.5 Å². The van der Waals surface area contributed by atoms with E-state index >= 15 is 0 Å². The summed E-state index contributed by atoms with van der Waals surface area (Å²) in [7, 11) is 1.51. The van der Waals surface area contributed by atoms with Crippen LogP contribution in [-0.2, 0) is 0 Å². The zero-order valence-electron chi connectivity index (χ0n) is 15.0. The fourth-order valence-electron chi connectivity index (χ4n) is 2.84. The first-order valence-corrected chi connectivity index (χ1v) is 10.8. The molecule has 3 aromatic carbocycles. The van der Waals surface area contributed by atoms with Crippen LogP contribution in [0.2, 0.25) is 10.0 Å². The van der Waals surface area contributed by atoms with Gasteiger partial charge in [-0.3, -0.25) is 4.79 Å². The lowest BCUT2D eigenvalue weighted by atomic mass is 10.1. The number of nitrogens with zero attached hydrogens (tertiary/aromatic N) is 1. The van der Waals surface area contributed by atoms with Gasteiger partial charge < -0.3 is 10.1 Å². The Morgan fingerprint density at radius 1 is 1.10 bits per heavy atom. The highest BCUT2D eigenvalue weighted by atomic mass is 79.9. The van der Waals surface area contributed by atoms with Crippen molar-refractivity contribution in [2.75, 3.05) is 12.4 Å². The van der Waals surface area contributed by atoms with E-state index < -0.39 is 0 Å². The summed E-state index contributed by atoms with van der Waals surface area (Å²) in [5.41, 5.74) is 2.42. The van der Waals surface area contributed by atoms with Gasteiger partial charge in [0, 0.05) is 10.0 Å². The van der Waals surface area contributed by atoms with Gasteiger partial charge in [0.05, 0.1) is 38.6 Å². The zero-order chi connectivity index (χ0) is 20.5. The molecule has 0 aliphatic rings. The third-order valence-corrected chi connectivity index (χ3v) is 6.42. The summed E-state index contributed by atoms with van der Waals surface area (Å²) >= 11 is 17.7. The van der Waals surface area contributed by atoms with Gasteiger partial charge in [0.15, 0.2) is 0 Å². The molecule has 0 saturated heterocycles. The van der Waals surface area contributed by atoms with Gasteiger partial charge >= 0.3 is 0 Å². The second kappa shape index (κ2) is 8.32. The van der Waals surface area contributed by atoms with Crippen molar-refractivity contribution in [3.8, 4) is 16.3 Å². The highest BCUT2D eigenvalue weighted by Gasteiger charge is 2.18. The number of hydrogen-bond acceptors (Lipinski definition) is 4. The number of benzene rings is 3. The molecule has 4 aromatic rings. The fraction of sp³-hybridized carbons (Fsp3) is 0.0476. The van der Waals surface area contributed by atoms with Crippen molar-refractivity contribution >= 4 is 72.3 Å². The highest BCUT2D eigenvalue weighted by Crippen LogP contribution is 2.39. The number of halogens is 3. The van der Waals surface area contributed by atoms with Gasteiger partial charge in [-0.2, -0.15) is 0 Å². The van der Waals surface area contributed by atoms with Crippen molar-refractivity contribution in [2.24, 2.45) is 0 Å². The number of methoxy groups -OCH3 is 1. The predicted octanol–water partition coefficient (Wildman–Crippen LogP) is 7.29. The molecule has 8 heteroatoms. The normalized spacial score (nSPS) is 10.9. The maximum atomic E-state index is 12.9. The van der Waals surface area contributed by atoms with E-state index in [0.717, 1.165) is 19.7 Å². The van der Waals surface area contributed by atoms with E-state index in [4.69, 9.17) is 27.9 Å². The van der Waals surface area contributed by atoms with Crippen LogP contribution in [0.25, 0.3) is 20.8 Å². The van der Waals surface area contributed by atoms with Crippen molar-refractivity contribution in [2.45, 2.75) is 0 Å². The fourth-order valence-corrected chi connectivity index (χ4v) is 4.78. The van der Waals surface area contributed by atoms with E-state index in [1.165, 1.54) is 18.4 Å². The number of amides is 1. The Kier molecular flexibility index (Phi) is 5.79. The molecule has 0 fully saturated rings. The molecular weight excluding hydrogens is 495 g/mol. The maximum Gasteiger partial charge on any atom is 0.259 e. The van der Waals surface area contributed by atoms with Gasteiger partial charge in [-0.1, -0.05) is 51.3 Å². The number of para-hydroxylation sites is 1. The van der Waals surface area contributed by atoms with Crippen LogP contribution in [0.3, 0.4) is 0 Å². The first-order valence-electron chi connectivity index (χ1n) is 8.46. The molecule has 1 amide bonds. The van der Waals surface area contributed by atoms with Gasteiger partial charge in [0.1, 0.15) is 10.8 Å². The summed E-state index contributed by atoms with van der Waals surface area (Å²) in [5.74, 6) is 0.116. The van der Waals surface area contributed by atoms with Gasteiger partial charge in [-0.25, -0.2) is 4.98 Å². The van der Waals surface area contributed by atoms with E-state index in [9.17, 15) is 4.79 Å². The molecule has 4 rings (SSSR count). The Bertz CT molecular complexity index is 1210. The lowest BCUT2D eigenvalue weighted by Gasteiger charge is -2.12. The second-order valence-electron chi connectivity index (χ2n) is 6.10. The second-order valence-corrected chi connectivity index (χ2v) is 8.86. The number of thiazole rings is 1. The maximum absolute atomic E-state index is 12.9. The van der Waals surface area contributed by atoms with Crippen LogP contribution in [0.5, 0.6) is 5.75 Å². The third-order valence-electron chi connectivity index (χ3n) is 4.24. The van der Waals surface area contributed by atoms with Gasteiger partial charge in [-0.05, 0) is 42.5 Å². The number of ether oxygens (including phenoxy) is 1. The Morgan fingerprint density at radius 3 is 2.66 bits per heavy atom. The summed E-state index contributed by atoms with van der Waals surface area (Å²) in [4.78, 5) is 17.5. The summed E-state index contributed by atoms with van der Waals surface area (Å²) < 4.78 is 7.11. The molecule has 1 N–H and O–H groups in total. The first kappa shape index (κ1) is 20.2. The Balaban J connectivity index is 1.72. The number of carbonyl (C=O) groups excluding carboxylic acids is 1. The third kappa shape index (κ3) is 4.12. The van der Waals surface area contributed by atoms with Crippen molar-refractivity contribution in [1.29, 1.82) is 0 Å². The van der Waals surface area contributed by atoms with E-state index in [1.807, 2.05) is 24.3 Å². The Morgan fingerprint density at radius 2 is 1.90 bits per heavy atom. The Hall–Kier alpha value is -2.12. The Labute approximate surface area is 189 Å². The molecule has 0 unspecified atom stereocenters. The molecule has 1 aromatic heterocycles. The van der Waals surface area contributed by atoms with Crippen LogP contribution in [0, 0.1) is 0 Å². The minimum atomic E-state index is -0.345. The average Bonchev–Trinajstić information content (AvgIpc) is 3.13. The minimum absolute atomic E-state index is 0.335. The molecular formula is C21H13BrCl2N2O2S. The lowest BCUT2D eigenvalue weighted by molar-refractivity contribution is 0.102. The molecule has 0 atom stereocenters. The van der Waals surface area contributed by atoms with Gasteiger partial charge in [0.25, 0.3) is 5.91 Å². The van der Waals surface area contributed by atoms with Crippen LogP contribution < -0.4 is 10.1 Å². The molecule has 0 bridgehead atoms. The van der Waals surface area contributed by atoms with Crippen molar-refractivity contribution < 1.29 is 9.53 Å². The average molecular weight is 508 g/mol. The van der Waals surface area contributed by atoms with Crippen molar-refractivity contribution in [1.82, 2.24) is 4.98 Å². The smallest absolute Gasteiger partial charge is 0.259 e. The van der Waals surface area contributed by atoms with E-state index in [0.29, 0.717) is 32.6 Å². The number of nitrogens with one attached hydrogen (secondary N) is 1. The van der Waals surface area contributed by atoms with E-state index in [2.05, 4.69) is 26.2 Å². The monoisotopic (exact) mass is 506 g/mol. The van der Waals surface area contributed by atoms with Crippen LogP contribution in [0.1, 0.15) is 10.4 Å². The van der Waals surface area contributed by atoms with Crippen molar-refractivity contribution in [3.05, 3.63) is 74.7 Å². The standard InChI is InChI=1S/C21H13BrCl2N2O2S/c1-28-18-7-6-11(22)8-13(18)20(27)25-17-9-12(14(23)10-15(17)24)21-26-16-4-2-3-5-19(16)29-21/h2-10H,1H3,(H,25,27). The molecule has 29 heavy (non-hydrogen) atoms. The molecule has 0 saturated carbocycles. The number of hydrogen-bond donors (Lipinski definition) is 1. The highest BCUT2D eigenvalue weighted by molar-refractivity contribution is 9.10. The minimum Gasteiger partial charge on any atom is -0.496 e.